The molecule has 2 nitrogen and oxygen atoms in total. The summed E-state index contributed by atoms with van der Waals surface area (Å²) in [6.45, 7) is 11.8. The summed E-state index contributed by atoms with van der Waals surface area (Å²) < 4.78 is 43.5. The highest BCUT2D eigenvalue weighted by Crippen LogP contribution is 2.38. The fourth-order valence-corrected chi connectivity index (χ4v) is 1.36. The molecule has 136 valence electrons. The molecule has 0 saturated carbocycles. The van der Waals surface area contributed by atoms with Gasteiger partial charge in [-0.3, -0.25) is 0 Å². The minimum Gasteiger partial charge on any atom is -0.491 e. The minimum atomic E-state index is -4.46. The molecule has 24 heavy (non-hydrogen) atoms. The number of allylic oxidation sites excluding steroid dienone is 2. The van der Waals surface area contributed by atoms with E-state index < -0.39 is 17.8 Å². The number of hydrogen-bond donors (Lipinski definition) is 1. The molecule has 6 heteroatoms. The lowest BCUT2D eigenvalue weighted by Crippen LogP contribution is -2.17. The van der Waals surface area contributed by atoms with Crippen LogP contribution < -0.4 is 10.5 Å². The van der Waals surface area contributed by atoms with E-state index in [1.165, 1.54) is 17.7 Å². The van der Waals surface area contributed by atoms with Gasteiger partial charge in [0.2, 0.25) is 0 Å². The molecule has 0 aromatic heterocycles. The first kappa shape index (κ1) is 24.8. The smallest absolute Gasteiger partial charge is 0.419 e. The number of rotatable bonds is 4. The van der Waals surface area contributed by atoms with Crippen molar-refractivity contribution in [2.45, 2.75) is 66.7 Å². The van der Waals surface area contributed by atoms with Gasteiger partial charge in [-0.15, -0.1) is 0 Å². The zero-order chi connectivity index (χ0) is 19.3. The van der Waals surface area contributed by atoms with Gasteiger partial charge in [-0.25, -0.2) is 0 Å². The van der Waals surface area contributed by atoms with Gasteiger partial charge >= 0.3 is 6.18 Å². The number of halogens is 3. The Morgan fingerprint density at radius 2 is 1.79 bits per heavy atom. The second kappa shape index (κ2) is 12.9. The highest BCUT2D eigenvalue weighted by Gasteiger charge is 2.35. The molecule has 2 N–H and O–H groups in total. The van der Waals surface area contributed by atoms with Crippen molar-refractivity contribution in [3.63, 3.8) is 0 Å². The predicted octanol–water partition coefficient (Wildman–Crippen LogP) is 5.52. The van der Waals surface area contributed by atoms with E-state index in [0.29, 0.717) is 5.56 Å². The Morgan fingerprint density at radius 3 is 2.12 bits per heavy atom. The molecule has 1 rings (SSSR count). The summed E-state index contributed by atoms with van der Waals surface area (Å²) in [6, 6.07) is 3.79. The van der Waals surface area contributed by atoms with Crippen molar-refractivity contribution in [3.05, 3.63) is 41.0 Å². The first-order chi connectivity index (χ1) is 11.2. The van der Waals surface area contributed by atoms with E-state index in [-0.39, 0.29) is 18.6 Å². The third-order valence-electron chi connectivity index (χ3n) is 2.85. The average molecular weight is 343 g/mol. The molecule has 0 aliphatic heterocycles. The quantitative estimate of drug-likeness (QED) is 0.577. The Hall–Kier alpha value is -1.43. The molecule has 0 fully saturated rings. The standard InChI is InChI=1S/C11H13BF3NO.C5H10.C2H6/c1-7(5-12)17-10-8(6-16)3-2-4-9(10)11(13,14)15;1-4-5(2)3;1-2/h2-4,7H,5-6,16H2,1H3;4H,1-3H3;1-2H3. The van der Waals surface area contributed by atoms with Crippen molar-refractivity contribution in [1.82, 2.24) is 0 Å². The zero-order valence-electron chi connectivity index (χ0n) is 15.5. The molecule has 0 aliphatic carbocycles. The van der Waals surface area contributed by atoms with Gasteiger partial charge in [0.05, 0.1) is 19.5 Å². The molecule has 0 spiro atoms. The maximum atomic E-state index is 12.8. The number of hydrogen-bond acceptors (Lipinski definition) is 2. The van der Waals surface area contributed by atoms with Crippen LogP contribution in [0.4, 0.5) is 13.2 Å². The summed E-state index contributed by atoms with van der Waals surface area (Å²) in [4.78, 5) is 0. The summed E-state index contributed by atoms with van der Waals surface area (Å²) >= 11 is 0. The topological polar surface area (TPSA) is 35.2 Å². The van der Waals surface area contributed by atoms with Crippen LogP contribution >= 0.6 is 0 Å². The van der Waals surface area contributed by atoms with Gasteiger partial charge in [-0.1, -0.05) is 43.9 Å². The van der Waals surface area contributed by atoms with Crippen LogP contribution in [0.5, 0.6) is 5.75 Å². The van der Waals surface area contributed by atoms with Crippen molar-refractivity contribution < 1.29 is 17.9 Å². The highest BCUT2D eigenvalue weighted by atomic mass is 19.4. The lowest BCUT2D eigenvalue weighted by molar-refractivity contribution is -0.139. The average Bonchev–Trinajstić information content (AvgIpc) is 2.56. The number of ether oxygens (including phenoxy) is 1. The van der Waals surface area contributed by atoms with E-state index in [9.17, 15) is 13.2 Å². The van der Waals surface area contributed by atoms with Crippen LogP contribution in [0.15, 0.2) is 29.8 Å². The first-order valence-corrected chi connectivity index (χ1v) is 8.02. The molecule has 1 aromatic rings. The van der Waals surface area contributed by atoms with Gasteiger partial charge in [0.1, 0.15) is 5.75 Å². The highest BCUT2D eigenvalue weighted by molar-refractivity contribution is 6.08. The molecule has 0 bridgehead atoms. The van der Waals surface area contributed by atoms with E-state index >= 15 is 0 Å². The van der Waals surface area contributed by atoms with Crippen LogP contribution in [0.2, 0.25) is 6.32 Å². The summed E-state index contributed by atoms with van der Waals surface area (Å²) in [5.74, 6) is -0.222. The van der Waals surface area contributed by atoms with Crippen LogP contribution in [0.3, 0.4) is 0 Å². The third kappa shape index (κ3) is 9.66. The van der Waals surface area contributed by atoms with Crippen LogP contribution in [-0.2, 0) is 12.7 Å². The summed E-state index contributed by atoms with van der Waals surface area (Å²) in [6.07, 6.45) is -2.74. The number of alkyl halides is 3. The third-order valence-corrected chi connectivity index (χ3v) is 2.85. The van der Waals surface area contributed by atoms with Crippen LogP contribution in [0.25, 0.3) is 0 Å². The van der Waals surface area contributed by atoms with Crippen LogP contribution in [-0.4, -0.2) is 14.0 Å². The maximum absolute atomic E-state index is 12.8. The normalized spacial score (nSPS) is 11.2. The van der Waals surface area contributed by atoms with Crippen LogP contribution in [0, 0.1) is 0 Å². The second-order valence-corrected chi connectivity index (χ2v) is 5.03. The predicted molar refractivity (Wildman–Crippen MR) is 96.4 cm³/mol. The van der Waals surface area contributed by atoms with Crippen molar-refractivity contribution in [3.8, 4) is 5.75 Å². The molecule has 0 saturated heterocycles. The second-order valence-electron chi connectivity index (χ2n) is 5.03. The Morgan fingerprint density at radius 1 is 1.29 bits per heavy atom. The Kier molecular flexibility index (Phi) is 13.4. The maximum Gasteiger partial charge on any atom is 0.419 e. The molecule has 0 aliphatic rings. The summed E-state index contributed by atoms with van der Waals surface area (Å²) in [5, 5.41) is 0. The van der Waals surface area contributed by atoms with E-state index in [0.717, 1.165) is 6.07 Å². The monoisotopic (exact) mass is 343 g/mol. The Labute approximate surface area is 145 Å². The molecular weight excluding hydrogens is 314 g/mol. The molecule has 2 radical (unpaired) electrons. The van der Waals surface area contributed by atoms with Gasteiger partial charge < -0.3 is 10.5 Å². The van der Waals surface area contributed by atoms with E-state index in [4.69, 9.17) is 18.3 Å². The van der Waals surface area contributed by atoms with Gasteiger partial charge in [-0.05, 0) is 33.8 Å². The number of benzene rings is 1. The van der Waals surface area contributed by atoms with Gasteiger partial charge in [0, 0.05) is 12.1 Å². The van der Waals surface area contributed by atoms with Crippen molar-refractivity contribution in [2.75, 3.05) is 0 Å². The van der Waals surface area contributed by atoms with Gasteiger partial charge in [0.25, 0.3) is 0 Å². The molecule has 1 aromatic carbocycles. The van der Waals surface area contributed by atoms with Gasteiger partial charge in [-0.2, -0.15) is 13.2 Å². The lowest BCUT2D eigenvalue weighted by atomic mass is 10.0. The summed E-state index contributed by atoms with van der Waals surface area (Å²) in [7, 11) is 5.33. The Bertz CT molecular complexity index is 484. The molecule has 0 amide bonds. The minimum absolute atomic E-state index is 0.0173. The molecular formula is C18H29BF3NO. The molecule has 1 atom stereocenters. The van der Waals surface area contributed by atoms with Gasteiger partial charge in [0.15, 0.2) is 0 Å². The zero-order valence-corrected chi connectivity index (χ0v) is 15.5. The first-order valence-electron chi connectivity index (χ1n) is 8.02. The van der Waals surface area contributed by atoms with E-state index in [1.54, 1.807) is 6.92 Å². The van der Waals surface area contributed by atoms with Crippen LogP contribution in [0.1, 0.15) is 52.7 Å². The Balaban J connectivity index is 0. The largest absolute Gasteiger partial charge is 0.491 e. The van der Waals surface area contributed by atoms with E-state index in [1.807, 2.05) is 20.8 Å². The fraction of sp³-hybridized carbons (Fsp3) is 0.556. The van der Waals surface area contributed by atoms with E-state index in [2.05, 4.69) is 19.9 Å². The SMILES string of the molecule is CC.CC=C(C)C.[B]CC(C)Oc1c(CN)cccc1C(F)(F)F. The summed E-state index contributed by atoms with van der Waals surface area (Å²) in [5.41, 5.74) is 6.28. The number of para-hydroxylation sites is 1. The molecule has 1 unspecified atom stereocenters. The number of nitrogens with two attached hydrogens (primary N) is 1. The lowest BCUT2D eigenvalue weighted by Gasteiger charge is -2.20. The van der Waals surface area contributed by atoms with Crippen molar-refractivity contribution in [2.24, 2.45) is 5.73 Å². The van der Waals surface area contributed by atoms with Crippen molar-refractivity contribution >= 4 is 7.85 Å². The fourth-order valence-electron chi connectivity index (χ4n) is 1.36. The van der Waals surface area contributed by atoms with Crippen molar-refractivity contribution in [1.29, 1.82) is 0 Å². The molecule has 0 heterocycles.